The summed E-state index contributed by atoms with van der Waals surface area (Å²) in [4.78, 5) is 0. The normalized spacial score (nSPS) is 18.6. The Morgan fingerprint density at radius 1 is 1.04 bits per heavy atom. The molecule has 0 fully saturated rings. The number of hydrogen-bond acceptors (Lipinski definition) is 3. The SMILES string of the molecule is COc1ccccc1[C@]1(C)CCc2oc3ccc(Cl)cc3c2-c2oc(C)cc21. The second-order valence-corrected chi connectivity index (χ2v) is 8.11. The van der Waals surface area contributed by atoms with Crippen molar-refractivity contribution in [3.63, 3.8) is 0 Å². The first-order chi connectivity index (χ1) is 13.5. The highest BCUT2D eigenvalue weighted by molar-refractivity contribution is 6.31. The van der Waals surface area contributed by atoms with Crippen LogP contribution in [-0.4, -0.2) is 7.11 Å². The highest BCUT2D eigenvalue weighted by atomic mass is 35.5. The molecule has 0 saturated heterocycles. The van der Waals surface area contributed by atoms with E-state index in [-0.39, 0.29) is 5.41 Å². The Kier molecular flexibility index (Phi) is 3.85. The number of para-hydroxylation sites is 1. The van der Waals surface area contributed by atoms with Crippen LogP contribution >= 0.6 is 11.6 Å². The predicted molar refractivity (Wildman–Crippen MR) is 111 cm³/mol. The first kappa shape index (κ1) is 17.4. The number of benzene rings is 2. The van der Waals surface area contributed by atoms with Gasteiger partial charge in [0.1, 0.15) is 28.6 Å². The first-order valence-corrected chi connectivity index (χ1v) is 9.85. The summed E-state index contributed by atoms with van der Waals surface area (Å²) in [5.74, 6) is 3.60. The molecule has 2 aromatic carbocycles. The molecule has 1 aliphatic carbocycles. The Bertz CT molecular complexity index is 1200. The quantitative estimate of drug-likeness (QED) is 0.371. The zero-order valence-electron chi connectivity index (χ0n) is 16.1. The zero-order chi connectivity index (χ0) is 19.5. The molecule has 1 atom stereocenters. The van der Waals surface area contributed by atoms with E-state index in [9.17, 15) is 0 Å². The number of fused-ring (bicyclic) bond motifs is 5. The monoisotopic (exact) mass is 392 g/mol. The van der Waals surface area contributed by atoms with Crippen molar-refractivity contribution in [1.29, 1.82) is 0 Å². The topological polar surface area (TPSA) is 35.5 Å². The Labute approximate surface area is 168 Å². The third-order valence-electron chi connectivity index (χ3n) is 5.95. The molecule has 4 heteroatoms. The van der Waals surface area contributed by atoms with Crippen molar-refractivity contribution in [1.82, 2.24) is 0 Å². The molecule has 3 nitrogen and oxygen atoms in total. The van der Waals surface area contributed by atoms with Gasteiger partial charge in [-0.1, -0.05) is 36.7 Å². The molecule has 0 amide bonds. The van der Waals surface area contributed by atoms with Crippen LogP contribution < -0.4 is 4.74 Å². The second kappa shape index (κ2) is 6.18. The largest absolute Gasteiger partial charge is 0.496 e. The fourth-order valence-electron chi connectivity index (χ4n) is 4.53. The highest BCUT2D eigenvalue weighted by Crippen LogP contribution is 2.51. The van der Waals surface area contributed by atoms with Crippen LogP contribution in [0.15, 0.2) is 57.4 Å². The minimum atomic E-state index is -0.258. The number of furan rings is 2. The maximum atomic E-state index is 6.29. The third-order valence-corrected chi connectivity index (χ3v) is 6.19. The van der Waals surface area contributed by atoms with E-state index in [1.54, 1.807) is 7.11 Å². The summed E-state index contributed by atoms with van der Waals surface area (Å²) in [6, 6.07) is 16.1. The van der Waals surface area contributed by atoms with Crippen molar-refractivity contribution < 1.29 is 13.6 Å². The van der Waals surface area contributed by atoms with E-state index in [2.05, 4.69) is 25.1 Å². The van der Waals surface area contributed by atoms with Gasteiger partial charge in [0.25, 0.3) is 0 Å². The van der Waals surface area contributed by atoms with Crippen LogP contribution in [0, 0.1) is 6.92 Å². The van der Waals surface area contributed by atoms with Crippen molar-refractivity contribution in [2.75, 3.05) is 7.11 Å². The van der Waals surface area contributed by atoms with E-state index < -0.39 is 0 Å². The van der Waals surface area contributed by atoms with E-state index in [4.69, 9.17) is 25.2 Å². The highest BCUT2D eigenvalue weighted by Gasteiger charge is 2.40. The van der Waals surface area contributed by atoms with E-state index in [1.165, 1.54) is 0 Å². The minimum Gasteiger partial charge on any atom is -0.496 e. The van der Waals surface area contributed by atoms with Gasteiger partial charge in [-0.15, -0.1) is 0 Å². The number of rotatable bonds is 2. The van der Waals surface area contributed by atoms with E-state index >= 15 is 0 Å². The minimum absolute atomic E-state index is 0.258. The summed E-state index contributed by atoms with van der Waals surface area (Å²) in [5, 5.41) is 1.69. The number of halogens is 1. The number of hydrogen-bond donors (Lipinski definition) is 0. The summed E-state index contributed by atoms with van der Waals surface area (Å²) in [6.45, 7) is 4.26. The molecule has 0 saturated carbocycles. The molecule has 2 aromatic heterocycles. The van der Waals surface area contributed by atoms with Crippen molar-refractivity contribution in [3.05, 3.63) is 76.2 Å². The fourth-order valence-corrected chi connectivity index (χ4v) is 4.71. The zero-order valence-corrected chi connectivity index (χ0v) is 16.9. The molecule has 2 heterocycles. The Hall–Kier alpha value is -2.65. The maximum absolute atomic E-state index is 6.29. The lowest BCUT2D eigenvalue weighted by Gasteiger charge is -2.30. The van der Waals surface area contributed by atoms with Crippen LogP contribution in [-0.2, 0) is 11.8 Å². The van der Waals surface area contributed by atoms with E-state index in [0.29, 0.717) is 5.02 Å². The molecule has 0 N–H and O–H groups in total. The van der Waals surface area contributed by atoms with Gasteiger partial charge in [-0.2, -0.15) is 0 Å². The van der Waals surface area contributed by atoms with Crippen LogP contribution in [0.3, 0.4) is 0 Å². The van der Waals surface area contributed by atoms with Crippen LogP contribution in [0.5, 0.6) is 5.75 Å². The van der Waals surface area contributed by atoms with E-state index in [1.807, 2.05) is 37.3 Å². The Balaban J connectivity index is 1.82. The summed E-state index contributed by atoms with van der Waals surface area (Å²) in [7, 11) is 1.72. The molecule has 142 valence electrons. The van der Waals surface area contributed by atoms with E-state index in [0.717, 1.165) is 63.5 Å². The van der Waals surface area contributed by atoms with Crippen molar-refractivity contribution in [3.8, 4) is 17.1 Å². The van der Waals surface area contributed by atoms with Gasteiger partial charge >= 0.3 is 0 Å². The first-order valence-electron chi connectivity index (χ1n) is 9.47. The molecule has 28 heavy (non-hydrogen) atoms. The maximum Gasteiger partial charge on any atom is 0.142 e. The van der Waals surface area contributed by atoms with Gasteiger partial charge in [-0.25, -0.2) is 0 Å². The van der Waals surface area contributed by atoms with Crippen LogP contribution in [0.2, 0.25) is 5.02 Å². The van der Waals surface area contributed by atoms with Gasteiger partial charge in [-0.05, 0) is 43.7 Å². The molecule has 0 aliphatic heterocycles. The number of ether oxygens (including phenoxy) is 1. The van der Waals surface area contributed by atoms with Crippen molar-refractivity contribution in [2.24, 2.45) is 0 Å². The molecule has 0 spiro atoms. The van der Waals surface area contributed by atoms with Crippen molar-refractivity contribution in [2.45, 2.75) is 32.1 Å². The standard InChI is InChI=1S/C24H21ClO3/c1-14-12-18-23(27-14)22-16-13-15(25)8-9-19(16)28-21(22)10-11-24(18,2)17-6-4-5-7-20(17)26-3/h4-9,12-13H,10-11H2,1-3H3/t24-/m0/s1. The van der Waals surface area contributed by atoms with Gasteiger partial charge in [-0.3, -0.25) is 0 Å². The van der Waals surface area contributed by atoms with Crippen LogP contribution in [0.25, 0.3) is 22.3 Å². The molecular weight excluding hydrogens is 372 g/mol. The molecular formula is C24H21ClO3. The summed E-state index contributed by atoms with van der Waals surface area (Å²) < 4.78 is 18.2. The summed E-state index contributed by atoms with van der Waals surface area (Å²) in [5.41, 5.74) is 3.93. The lowest BCUT2D eigenvalue weighted by atomic mass is 9.73. The average molecular weight is 393 g/mol. The Morgan fingerprint density at radius 2 is 1.86 bits per heavy atom. The van der Waals surface area contributed by atoms with Gasteiger partial charge in [0.2, 0.25) is 0 Å². The Morgan fingerprint density at radius 3 is 2.68 bits per heavy atom. The summed E-state index contributed by atoms with van der Waals surface area (Å²) in [6.07, 6.45) is 1.69. The number of methoxy groups -OCH3 is 1. The molecule has 5 rings (SSSR count). The second-order valence-electron chi connectivity index (χ2n) is 7.67. The van der Waals surface area contributed by atoms with Gasteiger partial charge in [0.15, 0.2) is 0 Å². The smallest absolute Gasteiger partial charge is 0.142 e. The number of aryl methyl sites for hydroxylation is 2. The average Bonchev–Trinajstić information content (AvgIpc) is 3.23. The van der Waals surface area contributed by atoms with Crippen molar-refractivity contribution >= 4 is 22.6 Å². The fraction of sp³-hybridized carbons (Fsp3) is 0.250. The lowest BCUT2D eigenvalue weighted by Crippen LogP contribution is -2.24. The molecule has 4 aromatic rings. The molecule has 0 radical (unpaired) electrons. The predicted octanol–water partition coefficient (Wildman–Crippen LogP) is 6.92. The van der Waals surface area contributed by atoms with Gasteiger partial charge < -0.3 is 13.6 Å². The van der Waals surface area contributed by atoms with Gasteiger partial charge in [0, 0.05) is 33.4 Å². The molecule has 0 unspecified atom stereocenters. The van der Waals surface area contributed by atoms with Gasteiger partial charge in [0.05, 0.1) is 12.7 Å². The summed E-state index contributed by atoms with van der Waals surface area (Å²) >= 11 is 6.29. The lowest BCUT2D eigenvalue weighted by molar-refractivity contribution is 0.390. The molecule has 1 aliphatic rings. The van der Waals surface area contributed by atoms with Crippen LogP contribution in [0.1, 0.15) is 36.0 Å². The third kappa shape index (κ3) is 2.43. The molecule has 0 bridgehead atoms. The van der Waals surface area contributed by atoms with Crippen LogP contribution in [0.4, 0.5) is 0 Å².